The summed E-state index contributed by atoms with van der Waals surface area (Å²) in [5, 5.41) is 3.69. The molecule has 1 aliphatic heterocycles. The first kappa shape index (κ1) is 17.6. The molecule has 4 nitrogen and oxygen atoms in total. The summed E-state index contributed by atoms with van der Waals surface area (Å²) in [5.41, 5.74) is -0.410. The molecule has 0 aromatic rings. The minimum Gasteiger partial charge on any atom is -0.444 e. The molecule has 22 heavy (non-hydrogen) atoms. The lowest BCUT2D eigenvalue weighted by Crippen LogP contribution is -2.47. The van der Waals surface area contributed by atoms with Crippen molar-refractivity contribution >= 4 is 6.09 Å². The highest BCUT2D eigenvalue weighted by molar-refractivity contribution is 5.69. The van der Waals surface area contributed by atoms with Gasteiger partial charge in [-0.2, -0.15) is 0 Å². The molecule has 1 aliphatic carbocycles. The van der Waals surface area contributed by atoms with Gasteiger partial charge in [-0.25, -0.2) is 4.79 Å². The molecule has 0 aromatic heterocycles. The quantitative estimate of drug-likeness (QED) is 0.855. The first-order valence-corrected chi connectivity index (χ1v) is 9.10. The van der Waals surface area contributed by atoms with Crippen LogP contribution in [0.3, 0.4) is 0 Å². The van der Waals surface area contributed by atoms with Gasteiger partial charge in [0.25, 0.3) is 0 Å². The molecular formula is C18H34N2O2. The Morgan fingerprint density at radius 1 is 1.18 bits per heavy atom. The number of amides is 1. The van der Waals surface area contributed by atoms with E-state index >= 15 is 0 Å². The van der Waals surface area contributed by atoms with Crippen molar-refractivity contribution in [1.82, 2.24) is 10.2 Å². The molecule has 0 radical (unpaired) electrons. The number of nitrogens with one attached hydrogen (secondary N) is 1. The maximum absolute atomic E-state index is 12.3. The third-order valence-corrected chi connectivity index (χ3v) is 5.04. The fraction of sp³-hybridized carbons (Fsp3) is 0.944. The monoisotopic (exact) mass is 310 g/mol. The number of carbonyl (C=O) groups excluding carboxylic acids is 1. The van der Waals surface area contributed by atoms with E-state index in [0.717, 1.165) is 31.8 Å². The second kappa shape index (κ2) is 7.67. The summed E-state index contributed by atoms with van der Waals surface area (Å²) in [6, 6.07) is 0.849. The topological polar surface area (TPSA) is 41.6 Å². The second-order valence-corrected chi connectivity index (χ2v) is 8.06. The standard InChI is InChI=1S/C18H34N2O2/c1-14(15-9-6-5-7-10-15)19-13-16-11-8-12-20(16)17(21)22-18(2,3)4/h14-16,19H,5-13H2,1-4H3/t14-,16?/m1/s1. The van der Waals surface area contributed by atoms with E-state index in [-0.39, 0.29) is 6.09 Å². The fourth-order valence-corrected chi connectivity index (χ4v) is 3.73. The minimum atomic E-state index is -0.410. The highest BCUT2D eigenvalue weighted by atomic mass is 16.6. The molecule has 1 saturated heterocycles. The van der Waals surface area contributed by atoms with E-state index in [4.69, 9.17) is 4.74 Å². The summed E-state index contributed by atoms with van der Waals surface area (Å²) in [4.78, 5) is 14.2. The maximum atomic E-state index is 12.3. The lowest BCUT2D eigenvalue weighted by molar-refractivity contribution is 0.0223. The van der Waals surface area contributed by atoms with Gasteiger partial charge in [-0.05, 0) is 59.3 Å². The van der Waals surface area contributed by atoms with Crippen molar-refractivity contribution in [3.63, 3.8) is 0 Å². The van der Waals surface area contributed by atoms with Gasteiger partial charge >= 0.3 is 6.09 Å². The smallest absolute Gasteiger partial charge is 0.410 e. The van der Waals surface area contributed by atoms with Crippen molar-refractivity contribution < 1.29 is 9.53 Å². The summed E-state index contributed by atoms with van der Waals surface area (Å²) >= 11 is 0. The number of hydrogen-bond acceptors (Lipinski definition) is 3. The molecule has 0 bridgehead atoms. The Hall–Kier alpha value is -0.770. The predicted molar refractivity (Wildman–Crippen MR) is 90.0 cm³/mol. The number of ether oxygens (including phenoxy) is 1. The van der Waals surface area contributed by atoms with E-state index in [1.807, 2.05) is 25.7 Å². The van der Waals surface area contributed by atoms with Crippen LogP contribution in [0.4, 0.5) is 4.79 Å². The molecule has 2 rings (SSSR count). The molecule has 1 unspecified atom stereocenters. The zero-order valence-electron chi connectivity index (χ0n) is 14.9. The van der Waals surface area contributed by atoms with E-state index in [1.54, 1.807) is 0 Å². The van der Waals surface area contributed by atoms with Crippen LogP contribution in [0.1, 0.15) is 72.6 Å². The fourth-order valence-electron chi connectivity index (χ4n) is 3.73. The second-order valence-electron chi connectivity index (χ2n) is 8.06. The van der Waals surface area contributed by atoms with Gasteiger partial charge in [0.15, 0.2) is 0 Å². The van der Waals surface area contributed by atoms with E-state index in [9.17, 15) is 4.79 Å². The van der Waals surface area contributed by atoms with Crippen LogP contribution in [0.15, 0.2) is 0 Å². The van der Waals surface area contributed by atoms with Gasteiger partial charge in [0.1, 0.15) is 5.60 Å². The highest BCUT2D eigenvalue weighted by Gasteiger charge is 2.32. The summed E-state index contributed by atoms with van der Waals surface area (Å²) in [5.74, 6) is 0.810. The Bertz CT molecular complexity index is 359. The summed E-state index contributed by atoms with van der Waals surface area (Å²) < 4.78 is 5.53. The largest absolute Gasteiger partial charge is 0.444 e. The Kier molecular flexibility index (Phi) is 6.13. The third-order valence-electron chi connectivity index (χ3n) is 5.04. The molecule has 2 fully saturated rings. The van der Waals surface area contributed by atoms with E-state index < -0.39 is 5.60 Å². The van der Waals surface area contributed by atoms with Gasteiger partial charge in [-0.15, -0.1) is 0 Å². The molecule has 0 aromatic carbocycles. The molecule has 2 atom stereocenters. The van der Waals surface area contributed by atoms with Gasteiger partial charge in [0, 0.05) is 25.2 Å². The van der Waals surface area contributed by atoms with Crippen molar-refractivity contribution in [3.8, 4) is 0 Å². The van der Waals surface area contributed by atoms with Crippen LogP contribution in [0.25, 0.3) is 0 Å². The highest BCUT2D eigenvalue weighted by Crippen LogP contribution is 2.27. The number of carbonyl (C=O) groups is 1. The number of nitrogens with zero attached hydrogens (tertiary/aromatic N) is 1. The van der Waals surface area contributed by atoms with Crippen LogP contribution < -0.4 is 5.32 Å². The molecular weight excluding hydrogens is 276 g/mol. The Morgan fingerprint density at radius 3 is 2.50 bits per heavy atom. The van der Waals surface area contributed by atoms with Crippen molar-refractivity contribution in [2.24, 2.45) is 5.92 Å². The zero-order valence-corrected chi connectivity index (χ0v) is 14.9. The summed E-state index contributed by atoms with van der Waals surface area (Å²) in [7, 11) is 0. The van der Waals surface area contributed by atoms with Gasteiger partial charge in [0.2, 0.25) is 0 Å². The lowest BCUT2D eigenvalue weighted by Gasteiger charge is -2.32. The van der Waals surface area contributed by atoms with E-state index in [0.29, 0.717) is 12.1 Å². The predicted octanol–water partition coefficient (Wildman–Crippen LogP) is 3.94. The van der Waals surface area contributed by atoms with Crippen LogP contribution in [0.5, 0.6) is 0 Å². The van der Waals surface area contributed by atoms with Crippen LogP contribution in [0.2, 0.25) is 0 Å². The molecule has 1 amide bonds. The van der Waals surface area contributed by atoms with Crippen LogP contribution in [-0.4, -0.2) is 41.8 Å². The molecule has 1 heterocycles. The van der Waals surface area contributed by atoms with Crippen LogP contribution >= 0.6 is 0 Å². The van der Waals surface area contributed by atoms with Crippen LogP contribution in [-0.2, 0) is 4.74 Å². The van der Waals surface area contributed by atoms with Gasteiger partial charge in [-0.1, -0.05) is 19.3 Å². The van der Waals surface area contributed by atoms with Crippen molar-refractivity contribution in [2.45, 2.75) is 90.3 Å². The maximum Gasteiger partial charge on any atom is 0.410 e. The molecule has 2 aliphatic rings. The van der Waals surface area contributed by atoms with Crippen molar-refractivity contribution in [1.29, 1.82) is 0 Å². The van der Waals surface area contributed by atoms with E-state index in [1.165, 1.54) is 32.1 Å². The Labute approximate surface area is 136 Å². The van der Waals surface area contributed by atoms with Gasteiger partial charge < -0.3 is 15.0 Å². The molecule has 1 N–H and O–H groups in total. The molecule has 4 heteroatoms. The van der Waals surface area contributed by atoms with Crippen molar-refractivity contribution in [2.75, 3.05) is 13.1 Å². The SMILES string of the molecule is C[C@@H](NCC1CCCN1C(=O)OC(C)(C)C)C1CCCCC1. The Morgan fingerprint density at radius 2 is 1.86 bits per heavy atom. The number of hydrogen-bond donors (Lipinski definition) is 1. The van der Waals surface area contributed by atoms with Crippen molar-refractivity contribution in [3.05, 3.63) is 0 Å². The van der Waals surface area contributed by atoms with Gasteiger partial charge in [-0.3, -0.25) is 0 Å². The Balaban J connectivity index is 1.79. The lowest BCUT2D eigenvalue weighted by atomic mass is 9.84. The molecule has 128 valence electrons. The van der Waals surface area contributed by atoms with Gasteiger partial charge in [0.05, 0.1) is 0 Å². The van der Waals surface area contributed by atoms with Crippen LogP contribution in [0, 0.1) is 5.92 Å². The average Bonchev–Trinajstić information content (AvgIpc) is 2.92. The summed E-state index contributed by atoms with van der Waals surface area (Å²) in [6.07, 6.45) is 8.89. The normalized spacial score (nSPS) is 25.3. The first-order chi connectivity index (χ1) is 10.4. The first-order valence-electron chi connectivity index (χ1n) is 9.10. The third kappa shape index (κ3) is 5.15. The number of likely N-dealkylation sites (tertiary alicyclic amines) is 1. The zero-order chi connectivity index (χ0) is 16.2. The average molecular weight is 310 g/mol. The van der Waals surface area contributed by atoms with E-state index in [2.05, 4.69) is 12.2 Å². The molecule has 0 spiro atoms. The minimum absolute atomic E-state index is 0.151. The number of rotatable bonds is 4. The molecule has 1 saturated carbocycles. The summed E-state index contributed by atoms with van der Waals surface area (Å²) in [6.45, 7) is 9.83.